The number of benzene rings is 1. The molecule has 0 aliphatic heterocycles. The minimum absolute atomic E-state index is 0.479. The summed E-state index contributed by atoms with van der Waals surface area (Å²) in [5, 5.41) is 0. The van der Waals surface area contributed by atoms with E-state index in [0.29, 0.717) is 0 Å². The SMILES string of the molecule is O=C(OS(=O)(=O)O)c1cccc(C(=O)OS(=O)(=O)O)c1. The predicted octanol–water partition coefficient (Wildman–Crippen LogP) is -0.394. The van der Waals surface area contributed by atoms with Crippen LogP contribution < -0.4 is 0 Å². The van der Waals surface area contributed by atoms with E-state index < -0.39 is 43.9 Å². The number of carbonyl (C=O) groups is 2. The first-order chi connectivity index (χ1) is 8.98. The van der Waals surface area contributed by atoms with Gasteiger partial charge in [-0.15, -0.1) is 0 Å². The minimum atomic E-state index is -5.04. The second-order valence-electron chi connectivity index (χ2n) is 3.18. The third-order valence-corrected chi connectivity index (χ3v) is 2.42. The molecule has 12 heteroatoms. The average Bonchev–Trinajstić information content (AvgIpc) is 2.24. The summed E-state index contributed by atoms with van der Waals surface area (Å²) in [5.41, 5.74) is -0.958. The third-order valence-electron chi connectivity index (χ3n) is 1.70. The molecule has 20 heavy (non-hydrogen) atoms. The van der Waals surface area contributed by atoms with Crippen molar-refractivity contribution in [2.45, 2.75) is 0 Å². The summed E-state index contributed by atoms with van der Waals surface area (Å²) >= 11 is 0. The zero-order valence-electron chi connectivity index (χ0n) is 9.29. The molecule has 110 valence electrons. The molecule has 1 rings (SSSR count). The van der Waals surface area contributed by atoms with Crippen LogP contribution in [-0.2, 0) is 29.2 Å². The molecule has 0 heterocycles. The first kappa shape index (κ1) is 16.0. The molecular weight excluding hydrogens is 320 g/mol. The first-order valence-corrected chi connectivity index (χ1v) is 7.23. The van der Waals surface area contributed by atoms with Crippen molar-refractivity contribution in [3.63, 3.8) is 0 Å². The van der Waals surface area contributed by atoms with E-state index in [9.17, 15) is 26.4 Å². The Hall–Kier alpha value is -2.02. The van der Waals surface area contributed by atoms with Gasteiger partial charge >= 0.3 is 32.7 Å². The molecule has 0 aliphatic carbocycles. The number of hydrogen-bond acceptors (Lipinski definition) is 8. The normalized spacial score (nSPS) is 11.7. The Bertz CT molecular complexity index is 684. The molecular formula is C8H6O10S2. The van der Waals surface area contributed by atoms with Gasteiger partial charge in [-0.25, -0.2) is 9.59 Å². The van der Waals surface area contributed by atoms with Gasteiger partial charge < -0.3 is 8.37 Å². The van der Waals surface area contributed by atoms with Gasteiger partial charge in [0.05, 0.1) is 11.1 Å². The Balaban J connectivity index is 3.02. The fourth-order valence-corrected chi connectivity index (χ4v) is 1.64. The Morgan fingerprint density at radius 2 is 1.20 bits per heavy atom. The molecule has 0 radical (unpaired) electrons. The van der Waals surface area contributed by atoms with Gasteiger partial charge in [0.2, 0.25) is 0 Å². The van der Waals surface area contributed by atoms with Crippen LogP contribution in [-0.4, -0.2) is 37.9 Å². The Morgan fingerprint density at radius 1 is 0.850 bits per heavy atom. The maximum Gasteiger partial charge on any atom is 0.449 e. The molecule has 0 amide bonds. The van der Waals surface area contributed by atoms with Crippen LogP contribution in [0.25, 0.3) is 0 Å². The quantitative estimate of drug-likeness (QED) is 0.696. The van der Waals surface area contributed by atoms with Crippen molar-refractivity contribution in [2.75, 3.05) is 0 Å². The van der Waals surface area contributed by atoms with Crippen molar-refractivity contribution in [1.29, 1.82) is 0 Å². The maximum absolute atomic E-state index is 11.2. The van der Waals surface area contributed by atoms with Gasteiger partial charge in [0.1, 0.15) is 0 Å². The highest BCUT2D eigenvalue weighted by Gasteiger charge is 2.20. The van der Waals surface area contributed by atoms with Gasteiger partial charge in [-0.3, -0.25) is 9.11 Å². The molecule has 0 saturated carbocycles. The topological polar surface area (TPSA) is 161 Å². The van der Waals surface area contributed by atoms with Crippen LogP contribution in [0.15, 0.2) is 24.3 Å². The fraction of sp³-hybridized carbons (Fsp3) is 0. The van der Waals surface area contributed by atoms with Gasteiger partial charge in [-0.05, 0) is 18.2 Å². The summed E-state index contributed by atoms with van der Waals surface area (Å²) in [5.74, 6) is -3.01. The van der Waals surface area contributed by atoms with Gasteiger partial charge in [-0.2, -0.15) is 16.8 Å². The van der Waals surface area contributed by atoms with Crippen LogP contribution in [0, 0.1) is 0 Å². The van der Waals surface area contributed by atoms with Crippen LogP contribution in [0.2, 0.25) is 0 Å². The van der Waals surface area contributed by atoms with Crippen molar-refractivity contribution in [1.82, 2.24) is 0 Å². The minimum Gasteiger partial charge on any atom is -0.320 e. The van der Waals surface area contributed by atoms with Crippen molar-refractivity contribution >= 4 is 32.7 Å². The van der Waals surface area contributed by atoms with Gasteiger partial charge in [-0.1, -0.05) is 6.07 Å². The molecule has 0 bridgehead atoms. The summed E-state index contributed by atoms with van der Waals surface area (Å²) in [6, 6.07) is 3.87. The molecule has 0 saturated heterocycles. The summed E-state index contributed by atoms with van der Waals surface area (Å²) in [6.07, 6.45) is 0. The number of rotatable bonds is 4. The van der Waals surface area contributed by atoms with E-state index in [1.54, 1.807) is 0 Å². The third kappa shape index (κ3) is 5.31. The molecule has 2 N–H and O–H groups in total. The van der Waals surface area contributed by atoms with E-state index in [0.717, 1.165) is 24.3 Å². The van der Waals surface area contributed by atoms with Crippen molar-refractivity contribution < 1.29 is 43.9 Å². The highest BCUT2D eigenvalue weighted by atomic mass is 32.3. The monoisotopic (exact) mass is 326 g/mol. The van der Waals surface area contributed by atoms with E-state index in [1.165, 1.54) is 0 Å². The summed E-state index contributed by atoms with van der Waals surface area (Å²) in [7, 11) is -10.1. The summed E-state index contributed by atoms with van der Waals surface area (Å²) in [4.78, 5) is 22.5. The smallest absolute Gasteiger partial charge is 0.320 e. The molecule has 0 spiro atoms. The van der Waals surface area contributed by atoms with Crippen LogP contribution in [0.4, 0.5) is 0 Å². The summed E-state index contributed by atoms with van der Waals surface area (Å²) in [6.45, 7) is 0. The highest BCUT2D eigenvalue weighted by Crippen LogP contribution is 2.10. The van der Waals surface area contributed by atoms with Gasteiger partial charge in [0.15, 0.2) is 0 Å². The lowest BCUT2D eigenvalue weighted by Crippen LogP contribution is -2.14. The Labute approximate surface area is 112 Å². The molecule has 1 aromatic carbocycles. The second kappa shape index (κ2) is 5.54. The molecule has 0 unspecified atom stereocenters. The number of hydrogen-bond donors (Lipinski definition) is 2. The lowest BCUT2D eigenvalue weighted by molar-refractivity contribution is 0.0723. The zero-order valence-corrected chi connectivity index (χ0v) is 10.9. The lowest BCUT2D eigenvalue weighted by atomic mass is 10.1. The van der Waals surface area contributed by atoms with Crippen LogP contribution in [0.1, 0.15) is 20.7 Å². The van der Waals surface area contributed by atoms with E-state index in [-0.39, 0.29) is 0 Å². The first-order valence-electron chi connectivity index (χ1n) is 4.50. The lowest BCUT2D eigenvalue weighted by Gasteiger charge is -2.03. The Kier molecular flexibility index (Phi) is 4.44. The van der Waals surface area contributed by atoms with Crippen LogP contribution >= 0.6 is 0 Å². The second-order valence-corrected chi connectivity index (χ2v) is 5.22. The van der Waals surface area contributed by atoms with Crippen molar-refractivity contribution in [3.05, 3.63) is 35.4 Å². The number of carbonyl (C=O) groups excluding carboxylic acids is 2. The predicted molar refractivity (Wildman–Crippen MR) is 60.4 cm³/mol. The largest absolute Gasteiger partial charge is 0.449 e. The van der Waals surface area contributed by atoms with Crippen molar-refractivity contribution in [2.24, 2.45) is 0 Å². The molecule has 0 atom stereocenters. The van der Waals surface area contributed by atoms with E-state index in [1.807, 2.05) is 0 Å². The molecule has 10 nitrogen and oxygen atoms in total. The summed E-state index contributed by atoms with van der Waals surface area (Å²) < 4.78 is 65.2. The molecule has 0 aliphatic rings. The van der Waals surface area contributed by atoms with Gasteiger partial charge in [0, 0.05) is 0 Å². The zero-order chi connectivity index (χ0) is 15.6. The van der Waals surface area contributed by atoms with E-state index >= 15 is 0 Å². The van der Waals surface area contributed by atoms with E-state index in [4.69, 9.17) is 9.11 Å². The Morgan fingerprint density at radius 3 is 1.50 bits per heavy atom. The highest BCUT2D eigenvalue weighted by molar-refractivity contribution is 7.81. The molecule has 1 aromatic rings. The average molecular weight is 326 g/mol. The van der Waals surface area contributed by atoms with Crippen molar-refractivity contribution in [3.8, 4) is 0 Å². The fourth-order valence-electron chi connectivity index (χ4n) is 1.06. The van der Waals surface area contributed by atoms with Gasteiger partial charge in [0.25, 0.3) is 0 Å². The standard InChI is InChI=1S/C8H6O10S2/c9-7(17-19(11,12)13)5-2-1-3-6(4-5)8(10)18-20(14,15)16/h1-4H,(H,11,12,13)(H,14,15,16). The molecule has 0 aromatic heterocycles. The van der Waals surface area contributed by atoms with Crippen LogP contribution in [0.5, 0.6) is 0 Å². The van der Waals surface area contributed by atoms with E-state index in [2.05, 4.69) is 8.37 Å². The maximum atomic E-state index is 11.2. The van der Waals surface area contributed by atoms with Crippen LogP contribution in [0.3, 0.4) is 0 Å². The molecule has 0 fully saturated rings.